The number of carbonyl (C=O) groups is 2. The van der Waals surface area contributed by atoms with Crippen LogP contribution >= 0.6 is 0 Å². The lowest BCUT2D eigenvalue weighted by atomic mass is 10.1. The average Bonchev–Trinajstić information content (AvgIpc) is 3.03. The molecule has 5 nitrogen and oxygen atoms in total. The number of rotatable bonds is 4. The summed E-state index contributed by atoms with van der Waals surface area (Å²) in [6.07, 6.45) is 1.68. The highest BCUT2D eigenvalue weighted by atomic mass is 16.5. The summed E-state index contributed by atoms with van der Waals surface area (Å²) in [7, 11) is 1.49. The lowest BCUT2D eigenvalue weighted by Gasteiger charge is -2.08. The van der Waals surface area contributed by atoms with Crippen molar-refractivity contribution in [3.8, 4) is 17.2 Å². The van der Waals surface area contributed by atoms with Gasteiger partial charge in [0.2, 0.25) is 5.78 Å². The van der Waals surface area contributed by atoms with Crippen LogP contribution in [0.3, 0.4) is 0 Å². The third-order valence-electron chi connectivity index (χ3n) is 4.28. The van der Waals surface area contributed by atoms with Crippen molar-refractivity contribution >= 4 is 17.8 Å². The minimum absolute atomic E-state index is 0.207. The van der Waals surface area contributed by atoms with E-state index in [0.717, 1.165) is 5.56 Å². The van der Waals surface area contributed by atoms with E-state index in [-0.39, 0.29) is 17.3 Å². The first-order valence-electron chi connectivity index (χ1n) is 8.64. The van der Waals surface area contributed by atoms with Crippen molar-refractivity contribution in [2.45, 2.75) is 0 Å². The highest BCUT2D eigenvalue weighted by Crippen LogP contribution is 2.35. The van der Waals surface area contributed by atoms with Crippen LogP contribution in [0.4, 0.5) is 0 Å². The second-order valence-corrected chi connectivity index (χ2v) is 6.10. The van der Waals surface area contributed by atoms with Crippen LogP contribution in [0.25, 0.3) is 6.08 Å². The Balaban J connectivity index is 1.57. The van der Waals surface area contributed by atoms with Crippen molar-refractivity contribution in [3.05, 3.63) is 95.2 Å². The van der Waals surface area contributed by atoms with E-state index in [1.54, 1.807) is 42.5 Å². The topological polar surface area (TPSA) is 61.8 Å². The molecule has 0 fully saturated rings. The molecule has 0 aliphatic carbocycles. The number of ketones is 1. The number of esters is 1. The molecule has 28 heavy (non-hydrogen) atoms. The third-order valence-corrected chi connectivity index (χ3v) is 4.28. The lowest BCUT2D eigenvalue weighted by Crippen LogP contribution is -2.10. The number of fused-ring (bicyclic) bond motifs is 1. The molecular weight excluding hydrogens is 356 g/mol. The second-order valence-electron chi connectivity index (χ2n) is 6.10. The smallest absolute Gasteiger partial charge is 0.347 e. The van der Waals surface area contributed by atoms with E-state index in [4.69, 9.17) is 14.2 Å². The monoisotopic (exact) mass is 372 g/mol. The Hall–Kier alpha value is -3.86. The van der Waals surface area contributed by atoms with E-state index in [0.29, 0.717) is 22.6 Å². The zero-order valence-corrected chi connectivity index (χ0v) is 15.0. The van der Waals surface area contributed by atoms with Gasteiger partial charge in [0, 0.05) is 6.07 Å². The fraction of sp³-hybridized carbons (Fsp3) is 0.0435. The van der Waals surface area contributed by atoms with Gasteiger partial charge in [0.05, 0.1) is 12.7 Å². The summed E-state index contributed by atoms with van der Waals surface area (Å²) < 4.78 is 16.3. The molecule has 0 bridgehead atoms. The quantitative estimate of drug-likeness (QED) is 0.382. The Labute approximate surface area is 161 Å². The largest absolute Gasteiger partial charge is 0.496 e. The lowest BCUT2D eigenvalue weighted by molar-refractivity contribution is 0.0731. The van der Waals surface area contributed by atoms with E-state index < -0.39 is 5.97 Å². The molecule has 0 unspecified atom stereocenters. The van der Waals surface area contributed by atoms with E-state index in [1.165, 1.54) is 13.2 Å². The van der Waals surface area contributed by atoms with Gasteiger partial charge >= 0.3 is 5.97 Å². The minimum Gasteiger partial charge on any atom is -0.496 e. The number of methoxy groups -OCH3 is 1. The molecule has 1 aliphatic heterocycles. The predicted molar refractivity (Wildman–Crippen MR) is 104 cm³/mol. The maximum absolute atomic E-state index is 12.5. The number of para-hydroxylation sites is 1. The van der Waals surface area contributed by atoms with E-state index in [9.17, 15) is 9.59 Å². The average molecular weight is 372 g/mol. The van der Waals surface area contributed by atoms with Gasteiger partial charge in [-0.25, -0.2) is 4.79 Å². The number of ether oxygens (including phenoxy) is 3. The highest BCUT2D eigenvalue weighted by Gasteiger charge is 2.28. The van der Waals surface area contributed by atoms with Gasteiger partial charge in [0.15, 0.2) is 5.76 Å². The van der Waals surface area contributed by atoms with Gasteiger partial charge in [0.25, 0.3) is 0 Å². The second kappa shape index (κ2) is 7.40. The summed E-state index contributed by atoms with van der Waals surface area (Å²) in [6.45, 7) is 0. The first kappa shape index (κ1) is 17.5. The highest BCUT2D eigenvalue weighted by molar-refractivity contribution is 6.14. The van der Waals surface area contributed by atoms with Crippen LogP contribution in [0.2, 0.25) is 0 Å². The molecule has 0 spiro atoms. The molecule has 0 aromatic heterocycles. The Kier molecular flexibility index (Phi) is 4.64. The maximum Gasteiger partial charge on any atom is 0.347 e. The summed E-state index contributed by atoms with van der Waals surface area (Å²) >= 11 is 0. The first-order valence-corrected chi connectivity index (χ1v) is 8.64. The molecule has 5 heteroatoms. The molecule has 138 valence electrons. The molecule has 4 rings (SSSR count). The van der Waals surface area contributed by atoms with Crippen LogP contribution in [0.1, 0.15) is 26.3 Å². The normalized spacial score (nSPS) is 13.8. The Bertz CT molecular complexity index is 1080. The minimum atomic E-state index is -0.554. The van der Waals surface area contributed by atoms with Gasteiger partial charge in [-0.05, 0) is 35.9 Å². The van der Waals surface area contributed by atoms with Gasteiger partial charge in [0.1, 0.15) is 22.8 Å². The summed E-state index contributed by atoms with van der Waals surface area (Å²) in [5.74, 6) is 0.534. The summed E-state index contributed by atoms with van der Waals surface area (Å²) in [5, 5.41) is 0. The number of allylic oxidation sites excluding steroid dienone is 1. The number of hydrogen-bond donors (Lipinski definition) is 0. The molecule has 3 aromatic carbocycles. The van der Waals surface area contributed by atoms with Crippen LogP contribution in [-0.4, -0.2) is 18.9 Å². The summed E-state index contributed by atoms with van der Waals surface area (Å²) in [5.41, 5.74) is 1.60. The molecule has 0 radical (unpaired) electrons. The molecule has 1 aliphatic rings. The van der Waals surface area contributed by atoms with Gasteiger partial charge in [-0.1, -0.05) is 42.5 Å². The van der Waals surface area contributed by atoms with Crippen LogP contribution in [0.15, 0.2) is 78.6 Å². The fourth-order valence-electron chi connectivity index (χ4n) is 2.91. The van der Waals surface area contributed by atoms with E-state index in [1.807, 2.05) is 30.3 Å². The van der Waals surface area contributed by atoms with Crippen LogP contribution in [-0.2, 0) is 0 Å². The van der Waals surface area contributed by atoms with Crippen LogP contribution in [0, 0.1) is 0 Å². The Morgan fingerprint density at radius 3 is 2.50 bits per heavy atom. The molecule has 0 N–H and O–H groups in total. The maximum atomic E-state index is 12.5. The van der Waals surface area contributed by atoms with Crippen molar-refractivity contribution in [1.82, 2.24) is 0 Å². The van der Waals surface area contributed by atoms with Crippen LogP contribution in [0.5, 0.6) is 17.2 Å². The van der Waals surface area contributed by atoms with E-state index in [2.05, 4.69) is 0 Å². The standard InChI is InChI=1S/C23H16O5/c1-26-19-10-6-5-9-18(19)23(25)27-16-11-12-17-20(14-16)28-21(22(17)24)13-15-7-3-2-4-8-15/h2-14H,1H3/b21-13-. The SMILES string of the molecule is COc1ccccc1C(=O)Oc1ccc2c(c1)O/C(=C\c1ccccc1)C2=O. The molecule has 0 saturated carbocycles. The molecule has 0 atom stereocenters. The molecule has 0 amide bonds. The Morgan fingerprint density at radius 1 is 0.964 bits per heavy atom. The van der Waals surface area contributed by atoms with Crippen molar-refractivity contribution in [3.63, 3.8) is 0 Å². The number of benzene rings is 3. The van der Waals surface area contributed by atoms with Crippen LogP contribution < -0.4 is 14.2 Å². The predicted octanol–water partition coefficient (Wildman–Crippen LogP) is 4.53. The summed E-state index contributed by atoms with van der Waals surface area (Å²) in [6, 6.07) is 20.9. The van der Waals surface area contributed by atoms with Gasteiger partial charge in [-0.15, -0.1) is 0 Å². The molecule has 0 saturated heterocycles. The molecule has 1 heterocycles. The van der Waals surface area contributed by atoms with Gasteiger partial charge in [-0.3, -0.25) is 4.79 Å². The zero-order valence-electron chi connectivity index (χ0n) is 15.0. The molecular formula is C23H16O5. The first-order chi connectivity index (χ1) is 13.7. The fourth-order valence-corrected chi connectivity index (χ4v) is 2.91. The summed E-state index contributed by atoms with van der Waals surface area (Å²) in [4.78, 5) is 25.0. The number of hydrogen-bond acceptors (Lipinski definition) is 5. The molecule has 3 aromatic rings. The van der Waals surface area contributed by atoms with Gasteiger partial charge in [-0.2, -0.15) is 0 Å². The van der Waals surface area contributed by atoms with E-state index >= 15 is 0 Å². The van der Waals surface area contributed by atoms with Crippen molar-refractivity contribution in [2.24, 2.45) is 0 Å². The number of carbonyl (C=O) groups excluding carboxylic acids is 2. The van der Waals surface area contributed by atoms with Crippen molar-refractivity contribution < 1.29 is 23.8 Å². The number of Topliss-reactive ketones (excluding diaryl/α,β-unsaturated/α-hetero) is 1. The van der Waals surface area contributed by atoms with Crippen molar-refractivity contribution in [2.75, 3.05) is 7.11 Å². The third kappa shape index (κ3) is 3.38. The zero-order chi connectivity index (χ0) is 19.5. The van der Waals surface area contributed by atoms with Crippen molar-refractivity contribution in [1.29, 1.82) is 0 Å². The van der Waals surface area contributed by atoms with Gasteiger partial charge < -0.3 is 14.2 Å². The Morgan fingerprint density at radius 2 is 1.71 bits per heavy atom.